The average Bonchev–Trinajstić information content (AvgIpc) is 3.16. The van der Waals surface area contributed by atoms with Crippen molar-refractivity contribution in [3.63, 3.8) is 0 Å². The highest BCUT2D eigenvalue weighted by Gasteiger charge is 2.13. The van der Waals surface area contributed by atoms with Crippen LogP contribution in [-0.4, -0.2) is 19.5 Å². The smallest absolute Gasteiger partial charge is 0.219 e. The lowest BCUT2D eigenvalue weighted by Crippen LogP contribution is -1.96. The van der Waals surface area contributed by atoms with Gasteiger partial charge in [-0.25, -0.2) is 9.97 Å². The number of hydrogen-bond donors (Lipinski definition) is 1. The Morgan fingerprint density at radius 2 is 1.21 bits per heavy atom. The first-order valence-corrected chi connectivity index (χ1v) is 10.5. The van der Waals surface area contributed by atoms with Crippen LogP contribution >= 0.6 is 0 Å². The summed E-state index contributed by atoms with van der Waals surface area (Å²) in [6.07, 6.45) is 1.78. The lowest BCUT2D eigenvalue weighted by molar-refractivity contribution is 0.444. The summed E-state index contributed by atoms with van der Waals surface area (Å²) in [6.45, 7) is 1.76. The molecule has 3 aromatic carbocycles. The van der Waals surface area contributed by atoms with Crippen LogP contribution in [0.3, 0.4) is 0 Å². The molecule has 0 saturated heterocycles. The van der Waals surface area contributed by atoms with Crippen molar-refractivity contribution >= 4 is 5.65 Å². The van der Waals surface area contributed by atoms with Crippen LogP contribution in [-0.2, 0) is 0 Å². The molecule has 0 unspecified atom stereocenters. The second kappa shape index (κ2) is 8.75. The molecule has 0 aliphatic heterocycles. The molecule has 2 heterocycles. The molecule has 0 saturated carbocycles. The summed E-state index contributed by atoms with van der Waals surface area (Å²) in [7, 11) is 0. The van der Waals surface area contributed by atoms with Gasteiger partial charge in [0.2, 0.25) is 5.88 Å². The Balaban J connectivity index is 1.49. The van der Waals surface area contributed by atoms with E-state index in [-0.39, 0.29) is 5.88 Å². The van der Waals surface area contributed by atoms with Gasteiger partial charge in [-0.1, -0.05) is 66.3 Å². The average molecular weight is 425 g/mol. The summed E-state index contributed by atoms with van der Waals surface area (Å²) < 4.78 is 1.64. The molecule has 0 amide bonds. The van der Waals surface area contributed by atoms with Crippen molar-refractivity contribution in [3.05, 3.63) is 119 Å². The van der Waals surface area contributed by atoms with Crippen molar-refractivity contribution in [3.8, 4) is 40.8 Å². The van der Waals surface area contributed by atoms with Crippen LogP contribution in [0.15, 0.2) is 91.1 Å². The van der Waals surface area contributed by atoms with Crippen LogP contribution in [0.25, 0.3) is 16.9 Å². The van der Waals surface area contributed by atoms with E-state index in [0.29, 0.717) is 22.7 Å². The minimum atomic E-state index is 0.0916. The van der Waals surface area contributed by atoms with Crippen molar-refractivity contribution in [2.45, 2.75) is 6.92 Å². The molecule has 2 aromatic heterocycles. The number of aromatic hydroxyl groups is 1. The molecule has 0 radical (unpaired) electrons. The quantitative estimate of drug-likeness (QED) is 0.375. The van der Waals surface area contributed by atoms with Crippen molar-refractivity contribution in [2.24, 2.45) is 0 Å². The number of hydrogen-bond acceptors (Lipinski definition) is 3. The van der Waals surface area contributed by atoms with E-state index in [1.165, 1.54) is 0 Å². The molecule has 1 N–H and O–H groups in total. The van der Waals surface area contributed by atoms with Crippen molar-refractivity contribution < 1.29 is 5.11 Å². The number of imidazole rings is 1. The first-order valence-electron chi connectivity index (χ1n) is 10.5. The third-order valence-corrected chi connectivity index (χ3v) is 5.15. The van der Waals surface area contributed by atoms with Gasteiger partial charge in [-0.15, -0.1) is 0 Å². The van der Waals surface area contributed by atoms with Gasteiger partial charge in [0.05, 0.1) is 5.69 Å². The van der Waals surface area contributed by atoms with E-state index < -0.39 is 0 Å². The van der Waals surface area contributed by atoms with E-state index in [2.05, 4.69) is 28.7 Å². The predicted molar refractivity (Wildman–Crippen MR) is 130 cm³/mol. The third-order valence-electron chi connectivity index (χ3n) is 5.15. The van der Waals surface area contributed by atoms with Gasteiger partial charge in [-0.05, 0) is 49.2 Å². The molecule has 0 spiro atoms. The number of aryl methyl sites for hydroxylation is 1. The van der Waals surface area contributed by atoms with Gasteiger partial charge in [0.15, 0.2) is 11.3 Å². The van der Waals surface area contributed by atoms with Gasteiger partial charge in [-0.2, -0.15) is 0 Å². The first kappa shape index (κ1) is 20.1. The molecular weight excluding hydrogens is 406 g/mol. The molecule has 0 bridgehead atoms. The van der Waals surface area contributed by atoms with E-state index in [1.54, 1.807) is 17.5 Å². The first-order chi connectivity index (χ1) is 16.2. The zero-order valence-electron chi connectivity index (χ0n) is 17.9. The summed E-state index contributed by atoms with van der Waals surface area (Å²) in [4.78, 5) is 9.19. The lowest BCUT2D eigenvalue weighted by atomic mass is 10.1. The highest BCUT2D eigenvalue weighted by molar-refractivity contribution is 5.65. The van der Waals surface area contributed by atoms with Crippen LogP contribution in [0.4, 0.5) is 0 Å². The number of nitrogens with zero attached hydrogens (tertiary/aromatic N) is 3. The van der Waals surface area contributed by atoms with Gasteiger partial charge in [-0.3, -0.25) is 4.40 Å². The van der Waals surface area contributed by atoms with E-state index in [9.17, 15) is 5.11 Å². The fraction of sp³-hybridized carbons (Fsp3) is 0.0345. The van der Waals surface area contributed by atoms with Gasteiger partial charge in [0, 0.05) is 28.5 Å². The molecule has 33 heavy (non-hydrogen) atoms. The van der Waals surface area contributed by atoms with E-state index in [0.717, 1.165) is 22.3 Å². The highest BCUT2D eigenvalue weighted by atomic mass is 16.3. The molecule has 5 aromatic rings. The maximum Gasteiger partial charge on any atom is 0.219 e. The largest absolute Gasteiger partial charge is 0.493 e. The molecule has 0 aliphatic rings. The summed E-state index contributed by atoms with van der Waals surface area (Å²) in [5.41, 5.74) is 5.97. The predicted octanol–water partition coefficient (Wildman–Crippen LogP) is 5.21. The molecule has 4 nitrogen and oxygen atoms in total. The van der Waals surface area contributed by atoms with Crippen molar-refractivity contribution in [1.29, 1.82) is 0 Å². The summed E-state index contributed by atoms with van der Waals surface area (Å²) in [5.74, 6) is 12.7. The molecule has 4 heteroatoms. The maximum absolute atomic E-state index is 10.5. The molecule has 0 aliphatic carbocycles. The topological polar surface area (TPSA) is 50.4 Å². The van der Waals surface area contributed by atoms with Gasteiger partial charge >= 0.3 is 0 Å². The minimum Gasteiger partial charge on any atom is -0.493 e. The van der Waals surface area contributed by atoms with Crippen LogP contribution in [0, 0.1) is 30.6 Å². The number of aromatic nitrogens is 3. The normalized spacial score (nSPS) is 10.2. The Kier molecular flexibility index (Phi) is 5.33. The summed E-state index contributed by atoms with van der Waals surface area (Å²) in [5, 5.41) is 10.5. The zero-order chi connectivity index (χ0) is 22.6. The van der Waals surface area contributed by atoms with Crippen molar-refractivity contribution in [1.82, 2.24) is 14.4 Å². The zero-order valence-corrected chi connectivity index (χ0v) is 17.9. The molecular formula is C29H19N3O. The molecule has 0 atom stereocenters. The fourth-order valence-corrected chi connectivity index (χ4v) is 3.41. The number of benzene rings is 3. The summed E-state index contributed by atoms with van der Waals surface area (Å²) in [6, 6.07) is 27.5. The molecule has 156 valence electrons. The van der Waals surface area contributed by atoms with Crippen LogP contribution in [0.1, 0.15) is 28.1 Å². The monoisotopic (exact) mass is 425 g/mol. The van der Waals surface area contributed by atoms with E-state index in [4.69, 9.17) is 4.98 Å². The Hall–Kier alpha value is -4.80. The van der Waals surface area contributed by atoms with Gasteiger partial charge < -0.3 is 5.11 Å². The SMILES string of the molecule is Cc1nc2c(C#Cc3ccc(C#Cc4ccccc4)cc3)nc(-c3ccccc3)cn2c1O. The highest BCUT2D eigenvalue weighted by Crippen LogP contribution is 2.24. The fourth-order valence-electron chi connectivity index (χ4n) is 3.41. The Morgan fingerprint density at radius 1 is 0.667 bits per heavy atom. The van der Waals surface area contributed by atoms with Crippen LogP contribution in [0.5, 0.6) is 5.88 Å². The standard InChI is InChI=1S/C29H19N3O/c1-21-29(33)32-20-27(25-10-6-3-7-11-25)31-26(28(32)30-21)19-18-24-16-14-23(15-17-24)13-12-22-8-4-2-5-9-22/h2-11,14-17,20,33H,1H3. The summed E-state index contributed by atoms with van der Waals surface area (Å²) >= 11 is 0. The van der Waals surface area contributed by atoms with E-state index in [1.807, 2.05) is 84.9 Å². The Morgan fingerprint density at radius 3 is 1.85 bits per heavy atom. The van der Waals surface area contributed by atoms with Gasteiger partial charge in [0.25, 0.3) is 0 Å². The minimum absolute atomic E-state index is 0.0916. The Labute approximate surface area is 192 Å². The van der Waals surface area contributed by atoms with Gasteiger partial charge in [0.1, 0.15) is 5.69 Å². The lowest BCUT2D eigenvalue weighted by Gasteiger charge is -2.04. The molecule has 5 rings (SSSR count). The third kappa shape index (κ3) is 4.32. The number of fused-ring (bicyclic) bond motifs is 1. The van der Waals surface area contributed by atoms with E-state index >= 15 is 0 Å². The maximum atomic E-state index is 10.5. The van der Waals surface area contributed by atoms with Crippen molar-refractivity contribution in [2.75, 3.05) is 0 Å². The second-order valence-corrected chi connectivity index (χ2v) is 7.50. The van der Waals surface area contributed by atoms with Crippen LogP contribution in [0.2, 0.25) is 0 Å². The number of rotatable bonds is 1. The molecule has 0 fully saturated rings. The second-order valence-electron chi connectivity index (χ2n) is 7.50. The Bertz CT molecular complexity index is 1560. The van der Waals surface area contributed by atoms with Crippen LogP contribution < -0.4 is 0 Å².